The Morgan fingerprint density at radius 3 is 2.75 bits per heavy atom. The average Bonchev–Trinajstić information content (AvgIpc) is 2.93. The second kappa shape index (κ2) is 3.73. The van der Waals surface area contributed by atoms with Gasteiger partial charge in [-0.25, -0.2) is 4.98 Å². The quantitative estimate of drug-likeness (QED) is 0.875. The van der Waals surface area contributed by atoms with Crippen LogP contribution in [0.1, 0.15) is 32.4 Å². The maximum absolute atomic E-state index is 11.1. The lowest BCUT2D eigenvalue weighted by molar-refractivity contribution is -0.142. The highest BCUT2D eigenvalue weighted by Gasteiger charge is 2.34. The number of aromatic nitrogens is 1. The number of rotatable bonds is 4. The molecule has 1 fully saturated rings. The monoisotopic (exact) mass is 240 g/mol. The van der Waals surface area contributed by atoms with Gasteiger partial charge in [-0.3, -0.25) is 4.79 Å². The highest BCUT2D eigenvalue weighted by atomic mass is 32.1. The molecule has 4 nitrogen and oxygen atoms in total. The van der Waals surface area contributed by atoms with Gasteiger partial charge in [-0.2, -0.15) is 0 Å². The Morgan fingerprint density at radius 1 is 1.62 bits per heavy atom. The summed E-state index contributed by atoms with van der Waals surface area (Å²) in [5.74, 6) is -0.835. The predicted molar refractivity (Wildman–Crippen MR) is 64.2 cm³/mol. The van der Waals surface area contributed by atoms with E-state index in [9.17, 15) is 4.79 Å². The minimum Gasteiger partial charge on any atom is -0.481 e. The smallest absolute Gasteiger partial charge is 0.315 e. The topological polar surface area (TPSA) is 53.4 Å². The molecular weight excluding hydrogens is 224 g/mol. The standard InChI is InChI=1S/C11H16N2O2S/c1-11(2,9(14)15)8-6-16-10(12-8)13(3)7-4-5-7/h6-7H,4-5H2,1-3H3,(H,14,15). The fourth-order valence-electron chi connectivity index (χ4n) is 1.44. The second-order valence-electron chi connectivity index (χ2n) is 4.79. The summed E-state index contributed by atoms with van der Waals surface area (Å²) in [5.41, 5.74) is -0.258. The maximum atomic E-state index is 11.1. The van der Waals surface area contributed by atoms with Crippen LogP contribution in [0.3, 0.4) is 0 Å². The van der Waals surface area contributed by atoms with Crippen LogP contribution < -0.4 is 4.90 Å². The van der Waals surface area contributed by atoms with Crippen LogP contribution in [0.4, 0.5) is 5.13 Å². The molecule has 5 heteroatoms. The fraction of sp³-hybridized carbons (Fsp3) is 0.636. The van der Waals surface area contributed by atoms with Crippen LogP contribution in [0.2, 0.25) is 0 Å². The summed E-state index contributed by atoms with van der Waals surface area (Å²) in [7, 11) is 2.02. The number of carboxylic acid groups (broad SMARTS) is 1. The zero-order valence-electron chi connectivity index (χ0n) is 9.73. The molecule has 0 atom stereocenters. The third kappa shape index (κ3) is 1.91. The minimum absolute atomic E-state index is 0.604. The second-order valence-corrected chi connectivity index (χ2v) is 5.62. The van der Waals surface area contributed by atoms with Gasteiger partial charge in [0.15, 0.2) is 5.13 Å². The molecule has 1 aliphatic carbocycles. The van der Waals surface area contributed by atoms with Gasteiger partial charge < -0.3 is 10.0 Å². The van der Waals surface area contributed by atoms with Crippen LogP contribution in [-0.4, -0.2) is 29.1 Å². The van der Waals surface area contributed by atoms with E-state index in [-0.39, 0.29) is 0 Å². The molecule has 0 unspecified atom stereocenters. The molecule has 1 saturated carbocycles. The van der Waals surface area contributed by atoms with Crippen molar-refractivity contribution >= 4 is 22.4 Å². The Labute approximate surface area is 98.9 Å². The first-order valence-electron chi connectivity index (χ1n) is 5.35. The minimum atomic E-state index is -0.904. The summed E-state index contributed by atoms with van der Waals surface area (Å²) in [4.78, 5) is 17.7. The lowest BCUT2D eigenvalue weighted by Gasteiger charge is -2.17. The summed E-state index contributed by atoms with van der Waals surface area (Å²) in [6.45, 7) is 3.37. The number of carboxylic acids is 1. The summed E-state index contributed by atoms with van der Waals surface area (Å²) in [6.07, 6.45) is 2.43. The van der Waals surface area contributed by atoms with Gasteiger partial charge in [-0.1, -0.05) is 0 Å². The van der Waals surface area contributed by atoms with Crippen molar-refractivity contribution in [3.63, 3.8) is 0 Å². The van der Waals surface area contributed by atoms with Crippen LogP contribution in [0.15, 0.2) is 5.38 Å². The predicted octanol–water partition coefficient (Wildman–Crippen LogP) is 2.10. The van der Waals surface area contributed by atoms with Crippen LogP contribution in [0, 0.1) is 0 Å². The molecule has 0 radical (unpaired) electrons. The van der Waals surface area contributed by atoms with Gasteiger partial charge in [0.05, 0.1) is 5.69 Å². The van der Waals surface area contributed by atoms with Gasteiger partial charge in [-0.15, -0.1) is 11.3 Å². The molecular formula is C11H16N2O2S. The molecule has 88 valence electrons. The van der Waals surface area contributed by atoms with E-state index in [1.54, 1.807) is 13.8 Å². The SMILES string of the molecule is CN(c1nc(C(C)(C)C(=O)O)cs1)C1CC1. The van der Waals surface area contributed by atoms with E-state index < -0.39 is 11.4 Å². The zero-order chi connectivity index (χ0) is 11.9. The van der Waals surface area contributed by atoms with E-state index in [2.05, 4.69) is 9.88 Å². The number of hydrogen-bond acceptors (Lipinski definition) is 4. The molecule has 0 bridgehead atoms. The van der Waals surface area contributed by atoms with Gasteiger partial charge >= 0.3 is 5.97 Å². The third-order valence-electron chi connectivity index (χ3n) is 3.06. The van der Waals surface area contributed by atoms with Crippen molar-refractivity contribution in [2.75, 3.05) is 11.9 Å². The summed E-state index contributed by atoms with van der Waals surface area (Å²) < 4.78 is 0. The Bertz CT molecular complexity index is 410. The van der Waals surface area contributed by atoms with Crippen molar-refractivity contribution < 1.29 is 9.90 Å². The molecule has 16 heavy (non-hydrogen) atoms. The Morgan fingerprint density at radius 2 is 2.25 bits per heavy atom. The molecule has 0 amide bonds. The first kappa shape index (κ1) is 11.4. The van der Waals surface area contributed by atoms with Crippen molar-refractivity contribution in [3.8, 4) is 0 Å². The van der Waals surface area contributed by atoms with Gasteiger partial charge in [-0.05, 0) is 26.7 Å². The van der Waals surface area contributed by atoms with E-state index in [1.165, 1.54) is 24.2 Å². The van der Waals surface area contributed by atoms with Crippen LogP contribution in [0.5, 0.6) is 0 Å². The number of aliphatic carboxylic acids is 1. The summed E-state index contributed by atoms with van der Waals surface area (Å²) in [5, 5.41) is 11.9. The normalized spacial score (nSPS) is 16.2. The van der Waals surface area contributed by atoms with E-state index >= 15 is 0 Å². The molecule has 0 aromatic carbocycles. The van der Waals surface area contributed by atoms with Crippen LogP contribution >= 0.6 is 11.3 Å². The molecule has 1 aromatic heterocycles. The number of carbonyl (C=O) groups is 1. The first-order chi connectivity index (χ1) is 7.43. The van der Waals surface area contributed by atoms with E-state index in [0.29, 0.717) is 11.7 Å². The van der Waals surface area contributed by atoms with Crippen LogP contribution in [0.25, 0.3) is 0 Å². The largest absolute Gasteiger partial charge is 0.481 e. The number of thiazole rings is 1. The number of nitrogens with zero attached hydrogens (tertiary/aromatic N) is 2. The maximum Gasteiger partial charge on any atom is 0.315 e. The summed E-state index contributed by atoms with van der Waals surface area (Å²) in [6, 6.07) is 0.604. The van der Waals surface area contributed by atoms with E-state index in [1.807, 2.05) is 12.4 Å². The van der Waals surface area contributed by atoms with Crippen LogP contribution in [-0.2, 0) is 10.2 Å². The number of hydrogen-bond donors (Lipinski definition) is 1. The summed E-state index contributed by atoms with van der Waals surface area (Å²) >= 11 is 1.52. The highest BCUT2D eigenvalue weighted by Crippen LogP contribution is 2.34. The lowest BCUT2D eigenvalue weighted by atomic mass is 9.90. The van der Waals surface area contributed by atoms with Crippen molar-refractivity contribution in [3.05, 3.63) is 11.1 Å². The molecule has 1 heterocycles. The van der Waals surface area contributed by atoms with Gasteiger partial charge in [0, 0.05) is 18.5 Å². The highest BCUT2D eigenvalue weighted by molar-refractivity contribution is 7.13. The van der Waals surface area contributed by atoms with Crippen molar-refractivity contribution in [1.29, 1.82) is 0 Å². The zero-order valence-corrected chi connectivity index (χ0v) is 10.5. The van der Waals surface area contributed by atoms with E-state index in [0.717, 1.165) is 5.13 Å². The Balaban J connectivity index is 2.21. The fourth-order valence-corrected chi connectivity index (χ4v) is 2.47. The van der Waals surface area contributed by atoms with Gasteiger partial charge in [0.25, 0.3) is 0 Å². The Hall–Kier alpha value is -1.10. The molecule has 0 aliphatic heterocycles. The average molecular weight is 240 g/mol. The third-order valence-corrected chi connectivity index (χ3v) is 3.99. The number of anilines is 1. The van der Waals surface area contributed by atoms with Crippen molar-refractivity contribution in [1.82, 2.24) is 4.98 Å². The lowest BCUT2D eigenvalue weighted by Crippen LogP contribution is -2.29. The first-order valence-corrected chi connectivity index (χ1v) is 6.23. The van der Waals surface area contributed by atoms with Crippen molar-refractivity contribution in [2.24, 2.45) is 0 Å². The molecule has 2 rings (SSSR count). The van der Waals surface area contributed by atoms with Crippen molar-refractivity contribution in [2.45, 2.75) is 38.1 Å². The van der Waals surface area contributed by atoms with E-state index in [4.69, 9.17) is 5.11 Å². The van der Waals surface area contributed by atoms with Gasteiger partial charge in [0.1, 0.15) is 5.41 Å². The Kier molecular flexibility index (Phi) is 2.66. The molecule has 1 aromatic rings. The molecule has 0 spiro atoms. The molecule has 0 saturated heterocycles. The molecule has 1 N–H and O–H groups in total. The molecule has 1 aliphatic rings. The van der Waals surface area contributed by atoms with Gasteiger partial charge in [0.2, 0.25) is 0 Å².